The maximum atomic E-state index is 10.9. The van der Waals surface area contributed by atoms with Crippen molar-refractivity contribution in [3.05, 3.63) is 27.5 Å². The largest absolute Gasteiger partial charge is 0.481 e. The summed E-state index contributed by atoms with van der Waals surface area (Å²) in [4.78, 5) is 14.9. The summed E-state index contributed by atoms with van der Waals surface area (Å²) < 4.78 is 0.742. The highest BCUT2D eigenvalue weighted by atomic mass is 79.9. The van der Waals surface area contributed by atoms with Crippen molar-refractivity contribution in [2.75, 3.05) is 0 Å². The molecular formula is C9H9BrClNO2. The van der Waals surface area contributed by atoms with E-state index in [1.54, 1.807) is 19.2 Å². The van der Waals surface area contributed by atoms with Crippen LogP contribution < -0.4 is 0 Å². The maximum absolute atomic E-state index is 10.9. The van der Waals surface area contributed by atoms with Gasteiger partial charge in [0.15, 0.2) is 0 Å². The van der Waals surface area contributed by atoms with Crippen LogP contribution in [0.3, 0.4) is 0 Å². The molecule has 1 N–H and O–H groups in total. The second-order valence-electron chi connectivity index (χ2n) is 2.82. The molecule has 76 valence electrons. The van der Waals surface area contributed by atoms with Gasteiger partial charge in [-0.05, 0) is 28.4 Å². The molecule has 0 aliphatic heterocycles. The molecule has 3 nitrogen and oxygen atoms in total. The molecule has 0 saturated heterocycles. The lowest BCUT2D eigenvalue weighted by Crippen LogP contribution is -2.12. The zero-order valence-corrected chi connectivity index (χ0v) is 9.84. The highest BCUT2D eigenvalue weighted by Gasteiger charge is 2.21. The van der Waals surface area contributed by atoms with Gasteiger partial charge in [-0.25, -0.2) is 0 Å². The number of carboxylic acid groups (broad SMARTS) is 1. The Labute approximate surface area is 95.2 Å². The minimum absolute atomic E-state index is 0.383. The molecule has 1 atom stereocenters. The molecule has 0 aliphatic carbocycles. The van der Waals surface area contributed by atoms with E-state index < -0.39 is 11.9 Å². The number of rotatable bonds is 3. The predicted molar refractivity (Wildman–Crippen MR) is 57.6 cm³/mol. The van der Waals surface area contributed by atoms with Crippen LogP contribution in [0.5, 0.6) is 0 Å². The second-order valence-corrected chi connectivity index (χ2v) is 4.14. The van der Waals surface area contributed by atoms with E-state index in [9.17, 15) is 4.79 Å². The van der Waals surface area contributed by atoms with Crippen LogP contribution in [0.4, 0.5) is 0 Å². The van der Waals surface area contributed by atoms with E-state index in [-0.39, 0.29) is 0 Å². The van der Waals surface area contributed by atoms with Gasteiger partial charge in [-0.3, -0.25) is 9.78 Å². The molecule has 0 amide bonds. The molecule has 0 aromatic carbocycles. The Balaban J connectivity index is 3.10. The van der Waals surface area contributed by atoms with Crippen LogP contribution in [0.1, 0.15) is 25.0 Å². The quantitative estimate of drug-likeness (QED) is 0.924. The first-order valence-corrected chi connectivity index (χ1v) is 5.27. The van der Waals surface area contributed by atoms with Crippen LogP contribution in [-0.4, -0.2) is 16.1 Å². The molecule has 0 radical (unpaired) electrons. The van der Waals surface area contributed by atoms with Crippen LogP contribution in [-0.2, 0) is 4.79 Å². The number of aliphatic carboxylic acids is 1. The fraction of sp³-hybridized carbons (Fsp3) is 0.333. The van der Waals surface area contributed by atoms with Gasteiger partial charge in [0, 0.05) is 10.7 Å². The van der Waals surface area contributed by atoms with Gasteiger partial charge in [0.2, 0.25) is 0 Å². The first kappa shape index (κ1) is 11.5. The Morgan fingerprint density at radius 2 is 2.43 bits per heavy atom. The smallest absolute Gasteiger partial charge is 0.312 e. The lowest BCUT2D eigenvalue weighted by Gasteiger charge is -2.10. The third-order valence-electron chi connectivity index (χ3n) is 1.87. The number of hydrogen-bond acceptors (Lipinski definition) is 2. The summed E-state index contributed by atoms with van der Waals surface area (Å²) in [5.74, 6) is -1.53. The highest BCUT2D eigenvalue weighted by Crippen LogP contribution is 2.27. The lowest BCUT2D eigenvalue weighted by atomic mass is 10.0. The second kappa shape index (κ2) is 4.75. The Hall–Kier alpha value is -0.610. The zero-order chi connectivity index (χ0) is 10.7. The molecule has 1 aromatic heterocycles. The van der Waals surface area contributed by atoms with Crippen molar-refractivity contribution in [2.24, 2.45) is 0 Å². The molecule has 0 bridgehead atoms. The molecule has 0 aliphatic rings. The van der Waals surface area contributed by atoms with Gasteiger partial charge in [-0.2, -0.15) is 0 Å². The maximum Gasteiger partial charge on any atom is 0.312 e. The number of aromatic nitrogens is 1. The van der Waals surface area contributed by atoms with Crippen LogP contribution in [0.2, 0.25) is 5.02 Å². The SMILES string of the molecule is CCC(C(=O)O)c1ncc(Br)cc1Cl. The summed E-state index contributed by atoms with van der Waals surface area (Å²) in [6, 6.07) is 1.65. The van der Waals surface area contributed by atoms with Crippen LogP contribution in [0.25, 0.3) is 0 Å². The average molecular weight is 279 g/mol. The van der Waals surface area contributed by atoms with Crippen molar-refractivity contribution in [3.8, 4) is 0 Å². The van der Waals surface area contributed by atoms with E-state index >= 15 is 0 Å². The van der Waals surface area contributed by atoms with E-state index in [1.165, 1.54) is 0 Å². The molecular weight excluding hydrogens is 269 g/mol. The van der Waals surface area contributed by atoms with Crippen molar-refractivity contribution in [2.45, 2.75) is 19.3 Å². The number of carbonyl (C=O) groups is 1. The van der Waals surface area contributed by atoms with Crippen LogP contribution in [0.15, 0.2) is 16.7 Å². The molecule has 14 heavy (non-hydrogen) atoms. The minimum Gasteiger partial charge on any atom is -0.481 e. The van der Waals surface area contributed by atoms with Crippen LogP contribution in [0, 0.1) is 0 Å². The summed E-state index contributed by atoms with van der Waals surface area (Å²) >= 11 is 9.10. The van der Waals surface area contributed by atoms with Gasteiger partial charge in [0.05, 0.1) is 10.7 Å². The van der Waals surface area contributed by atoms with Crippen molar-refractivity contribution in [1.29, 1.82) is 0 Å². The predicted octanol–water partition coefficient (Wildman–Crippen LogP) is 3.08. The van der Waals surface area contributed by atoms with E-state index in [0.29, 0.717) is 17.1 Å². The van der Waals surface area contributed by atoms with E-state index in [2.05, 4.69) is 20.9 Å². The molecule has 0 saturated carbocycles. The normalized spacial score (nSPS) is 12.5. The van der Waals surface area contributed by atoms with Gasteiger partial charge >= 0.3 is 5.97 Å². The van der Waals surface area contributed by atoms with E-state index in [4.69, 9.17) is 16.7 Å². The first-order chi connectivity index (χ1) is 6.56. The molecule has 0 fully saturated rings. The lowest BCUT2D eigenvalue weighted by molar-refractivity contribution is -0.138. The molecule has 1 heterocycles. The summed E-state index contributed by atoms with van der Waals surface area (Å²) in [5.41, 5.74) is 0.421. The fourth-order valence-corrected chi connectivity index (χ4v) is 1.93. The summed E-state index contributed by atoms with van der Waals surface area (Å²) in [6.45, 7) is 1.79. The van der Waals surface area contributed by atoms with Gasteiger partial charge < -0.3 is 5.11 Å². The third-order valence-corrected chi connectivity index (χ3v) is 2.61. The van der Waals surface area contributed by atoms with Crippen LogP contribution >= 0.6 is 27.5 Å². The number of halogens is 2. The number of nitrogens with zero attached hydrogens (tertiary/aromatic N) is 1. The Morgan fingerprint density at radius 3 is 2.86 bits per heavy atom. The molecule has 1 aromatic rings. The standard InChI is InChI=1S/C9H9BrClNO2/c1-2-6(9(13)14)8-7(11)3-5(10)4-12-8/h3-4,6H,2H2,1H3,(H,13,14). The van der Waals surface area contributed by atoms with E-state index in [0.717, 1.165) is 4.47 Å². The fourth-order valence-electron chi connectivity index (χ4n) is 1.17. The van der Waals surface area contributed by atoms with Crippen molar-refractivity contribution in [1.82, 2.24) is 4.98 Å². The third kappa shape index (κ3) is 2.45. The molecule has 1 unspecified atom stereocenters. The number of hydrogen-bond donors (Lipinski definition) is 1. The molecule has 0 spiro atoms. The van der Waals surface area contributed by atoms with Crippen molar-refractivity contribution < 1.29 is 9.90 Å². The zero-order valence-electron chi connectivity index (χ0n) is 7.50. The van der Waals surface area contributed by atoms with Crippen molar-refractivity contribution >= 4 is 33.5 Å². The van der Waals surface area contributed by atoms with Crippen molar-refractivity contribution in [3.63, 3.8) is 0 Å². The van der Waals surface area contributed by atoms with Gasteiger partial charge in [0.25, 0.3) is 0 Å². The number of carboxylic acids is 1. The Kier molecular flexibility index (Phi) is 3.89. The van der Waals surface area contributed by atoms with Gasteiger partial charge in [-0.15, -0.1) is 0 Å². The summed E-state index contributed by atoms with van der Waals surface area (Å²) in [5, 5.41) is 9.29. The first-order valence-electron chi connectivity index (χ1n) is 4.10. The van der Waals surface area contributed by atoms with Gasteiger partial charge in [-0.1, -0.05) is 18.5 Å². The molecule has 1 rings (SSSR count). The Morgan fingerprint density at radius 1 is 1.79 bits per heavy atom. The molecule has 5 heteroatoms. The summed E-state index contributed by atoms with van der Waals surface area (Å²) in [6.07, 6.45) is 2.02. The van der Waals surface area contributed by atoms with Gasteiger partial charge in [0.1, 0.15) is 5.92 Å². The number of pyridine rings is 1. The highest BCUT2D eigenvalue weighted by molar-refractivity contribution is 9.10. The minimum atomic E-state index is -0.899. The monoisotopic (exact) mass is 277 g/mol. The average Bonchev–Trinajstić information content (AvgIpc) is 2.09. The summed E-state index contributed by atoms with van der Waals surface area (Å²) in [7, 11) is 0. The Bertz CT molecular complexity index is 357. The van der Waals surface area contributed by atoms with E-state index in [1.807, 2.05) is 0 Å². The topological polar surface area (TPSA) is 50.2 Å².